The van der Waals surface area contributed by atoms with Crippen molar-refractivity contribution in [1.82, 2.24) is 20.1 Å². The summed E-state index contributed by atoms with van der Waals surface area (Å²) in [6.07, 6.45) is 3.45. The number of H-pyrrole nitrogens is 1. The summed E-state index contributed by atoms with van der Waals surface area (Å²) in [5.74, 6) is 2.10. The van der Waals surface area contributed by atoms with E-state index in [0.29, 0.717) is 31.4 Å². The van der Waals surface area contributed by atoms with Gasteiger partial charge < -0.3 is 9.64 Å². The molecule has 5 rings (SSSR count). The fourth-order valence-electron chi connectivity index (χ4n) is 5.35. The van der Waals surface area contributed by atoms with E-state index in [9.17, 15) is 10.1 Å². The van der Waals surface area contributed by atoms with Gasteiger partial charge >= 0.3 is 0 Å². The van der Waals surface area contributed by atoms with Crippen molar-refractivity contribution in [3.8, 4) is 17.5 Å². The molecule has 0 bridgehead atoms. The quantitative estimate of drug-likeness (QED) is 0.582. The van der Waals surface area contributed by atoms with Gasteiger partial charge in [-0.3, -0.25) is 9.89 Å². The second-order valence-electron chi connectivity index (χ2n) is 9.55. The van der Waals surface area contributed by atoms with E-state index in [2.05, 4.69) is 36.2 Å². The summed E-state index contributed by atoms with van der Waals surface area (Å²) < 4.78 is 5.49. The minimum Gasteiger partial charge on any atom is -0.381 e. The first-order valence-corrected chi connectivity index (χ1v) is 12.5. The number of nitriles is 1. The highest BCUT2D eigenvalue weighted by Crippen LogP contribution is 2.32. The molecule has 7 heteroatoms. The van der Waals surface area contributed by atoms with Crippen molar-refractivity contribution in [2.75, 3.05) is 26.3 Å². The van der Waals surface area contributed by atoms with E-state index in [1.807, 2.05) is 35.2 Å². The zero-order valence-electron chi connectivity index (χ0n) is 20.4. The lowest BCUT2D eigenvalue weighted by molar-refractivity contribution is 0.0712. The molecule has 2 fully saturated rings. The van der Waals surface area contributed by atoms with Gasteiger partial charge in [0.05, 0.1) is 18.2 Å². The van der Waals surface area contributed by atoms with Crippen LogP contribution in [-0.2, 0) is 11.2 Å². The van der Waals surface area contributed by atoms with E-state index in [0.717, 1.165) is 71.5 Å². The second-order valence-corrected chi connectivity index (χ2v) is 9.55. The normalized spacial score (nSPS) is 18.5. The molecule has 0 spiro atoms. The minimum absolute atomic E-state index is 0.0649. The number of carbonyl (C=O) groups is 1. The lowest BCUT2D eigenvalue weighted by atomic mass is 9.86. The molecule has 0 saturated carbocycles. The number of hydrogen-bond acceptors (Lipinski definition) is 5. The molecule has 7 nitrogen and oxygen atoms in total. The van der Waals surface area contributed by atoms with Crippen LogP contribution in [-0.4, -0.2) is 52.3 Å². The van der Waals surface area contributed by atoms with Gasteiger partial charge in [-0.05, 0) is 67.3 Å². The average molecular weight is 470 g/mol. The molecule has 3 heterocycles. The Morgan fingerprint density at radius 3 is 2.71 bits per heavy atom. The molecule has 1 amide bonds. The average Bonchev–Trinajstić information content (AvgIpc) is 3.61. The predicted molar refractivity (Wildman–Crippen MR) is 133 cm³/mol. The van der Waals surface area contributed by atoms with Crippen LogP contribution in [0.4, 0.5) is 0 Å². The van der Waals surface area contributed by atoms with Gasteiger partial charge in [0.1, 0.15) is 5.82 Å². The van der Waals surface area contributed by atoms with Gasteiger partial charge in [-0.15, -0.1) is 0 Å². The van der Waals surface area contributed by atoms with Gasteiger partial charge in [-0.25, -0.2) is 4.98 Å². The van der Waals surface area contributed by atoms with Gasteiger partial charge in [0.15, 0.2) is 5.82 Å². The standard InChI is InChI=1S/C28H31N5O2/c1-3-19-14-18(2)24(27-30-26(31-32-27)22-10-13-35-17-22)15-25(19)28(34)33-11-8-20(9-12-33)23-7-5-4-6-21(23)16-29/h4-7,14-15,20,22H,3,8-13,17H2,1-2H3,(H,30,31,32). The van der Waals surface area contributed by atoms with E-state index in [-0.39, 0.29) is 11.8 Å². The molecule has 2 aromatic carbocycles. The number of nitrogens with zero attached hydrogens (tertiary/aromatic N) is 4. The summed E-state index contributed by atoms with van der Waals surface area (Å²) in [7, 11) is 0. The number of nitrogens with one attached hydrogen (secondary N) is 1. The number of aromatic nitrogens is 3. The third kappa shape index (κ3) is 4.59. The van der Waals surface area contributed by atoms with Crippen molar-refractivity contribution in [3.05, 3.63) is 70.0 Å². The minimum atomic E-state index is 0.0649. The highest BCUT2D eigenvalue weighted by molar-refractivity contribution is 5.97. The Morgan fingerprint density at radius 2 is 2.00 bits per heavy atom. The van der Waals surface area contributed by atoms with Crippen LogP contribution < -0.4 is 0 Å². The van der Waals surface area contributed by atoms with Gasteiger partial charge in [-0.2, -0.15) is 10.4 Å². The monoisotopic (exact) mass is 469 g/mol. The smallest absolute Gasteiger partial charge is 0.254 e. The summed E-state index contributed by atoms with van der Waals surface area (Å²) in [6, 6.07) is 14.2. The van der Waals surface area contributed by atoms with Crippen molar-refractivity contribution < 1.29 is 9.53 Å². The summed E-state index contributed by atoms with van der Waals surface area (Å²) in [6.45, 7) is 6.92. The predicted octanol–water partition coefficient (Wildman–Crippen LogP) is 4.74. The fourth-order valence-corrected chi connectivity index (χ4v) is 5.35. The van der Waals surface area contributed by atoms with E-state index in [1.54, 1.807) is 0 Å². The number of hydrogen-bond donors (Lipinski definition) is 1. The molecule has 2 aliphatic heterocycles. The first kappa shape index (κ1) is 23.3. The number of ether oxygens (including phenoxy) is 1. The number of amides is 1. The van der Waals surface area contributed by atoms with Crippen LogP contribution in [0.1, 0.15) is 76.5 Å². The Hall–Kier alpha value is -3.50. The number of carbonyl (C=O) groups excluding carboxylic acids is 1. The Kier molecular flexibility index (Phi) is 6.65. The maximum Gasteiger partial charge on any atom is 0.254 e. The van der Waals surface area contributed by atoms with Crippen LogP contribution >= 0.6 is 0 Å². The van der Waals surface area contributed by atoms with Crippen molar-refractivity contribution in [2.24, 2.45) is 0 Å². The molecule has 35 heavy (non-hydrogen) atoms. The number of aryl methyl sites for hydroxylation is 2. The van der Waals surface area contributed by atoms with E-state index in [1.165, 1.54) is 0 Å². The summed E-state index contributed by atoms with van der Waals surface area (Å²) in [5, 5.41) is 17.0. The highest BCUT2D eigenvalue weighted by Gasteiger charge is 2.28. The molecule has 1 N–H and O–H groups in total. The topological polar surface area (TPSA) is 94.9 Å². The number of piperidine rings is 1. The maximum absolute atomic E-state index is 13.7. The molecule has 180 valence electrons. The number of likely N-dealkylation sites (tertiary alicyclic amines) is 1. The maximum atomic E-state index is 13.7. The van der Waals surface area contributed by atoms with Gasteiger partial charge in [0.25, 0.3) is 5.91 Å². The van der Waals surface area contributed by atoms with Crippen LogP contribution in [0.3, 0.4) is 0 Å². The van der Waals surface area contributed by atoms with Crippen LogP contribution in [0.25, 0.3) is 11.4 Å². The fraction of sp³-hybridized carbons (Fsp3) is 0.429. The van der Waals surface area contributed by atoms with Gasteiger partial charge in [0, 0.05) is 36.7 Å². The third-order valence-electron chi connectivity index (χ3n) is 7.42. The molecule has 1 aromatic heterocycles. The zero-order chi connectivity index (χ0) is 24.4. The van der Waals surface area contributed by atoms with Crippen molar-refractivity contribution in [1.29, 1.82) is 5.26 Å². The van der Waals surface area contributed by atoms with Crippen molar-refractivity contribution in [2.45, 2.75) is 51.4 Å². The third-order valence-corrected chi connectivity index (χ3v) is 7.42. The van der Waals surface area contributed by atoms with Crippen LogP contribution in [0.2, 0.25) is 0 Å². The van der Waals surface area contributed by atoms with Crippen molar-refractivity contribution >= 4 is 5.91 Å². The van der Waals surface area contributed by atoms with E-state index in [4.69, 9.17) is 9.72 Å². The summed E-state index contributed by atoms with van der Waals surface area (Å²) in [4.78, 5) is 20.4. The lowest BCUT2D eigenvalue weighted by Gasteiger charge is -2.33. The van der Waals surface area contributed by atoms with E-state index >= 15 is 0 Å². The zero-order valence-corrected chi connectivity index (χ0v) is 20.4. The second kappa shape index (κ2) is 10.0. The van der Waals surface area contributed by atoms with E-state index < -0.39 is 0 Å². The Morgan fingerprint density at radius 1 is 1.20 bits per heavy atom. The number of benzene rings is 2. The van der Waals surface area contributed by atoms with Crippen LogP contribution in [0.5, 0.6) is 0 Å². The Bertz CT molecular complexity index is 1260. The van der Waals surface area contributed by atoms with Crippen molar-refractivity contribution in [3.63, 3.8) is 0 Å². The molecule has 3 aromatic rings. The van der Waals surface area contributed by atoms with Crippen LogP contribution in [0.15, 0.2) is 36.4 Å². The molecule has 0 aliphatic carbocycles. The van der Waals surface area contributed by atoms with Gasteiger partial charge in [0.2, 0.25) is 0 Å². The molecule has 2 saturated heterocycles. The van der Waals surface area contributed by atoms with Crippen LogP contribution in [0, 0.1) is 18.3 Å². The summed E-state index contributed by atoms with van der Waals surface area (Å²) >= 11 is 0. The molecule has 0 radical (unpaired) electrons. The highest BCUT2D eigenvalue weighted by atomic mass is 16.5. The summed E-state index contributed by atoms with van der Waals surface area (Å²) in [5.41, 5.74) is 5.58. The number of rotatable bonds is 5. The number of aromatic amines is 1. The first-order chi connectivity index (χ1) is 17.1. The largest absolute Gasteiger partial charge is 0.381 e. The lowest BCUT2D eigenvalue weighted by Crippen LogP contribution is -2.38. The Balaban J connectivity index is 1.37. The molecule has 1 atom stereocenters. The molecule has 2 aliphatic rings. The van der Waals surface area contributed by atoms with Gasteiger partial charge in [-0.1, -0.05) is 31.2 Å². The molecular weight excluding hydrogens is 438 g/mol. The molecular formula is C28H31N5O2. The Labute approximate surface area is 206 Å². The molecule has 1 unspecified atom stereocenters. The first-order valence-electron chi connectivity index (χ1n) is 12.5. The SMILES string of the molecule is CCc1cc(C)c(-c2n[nH]c(C3CCOC3)n2)cc1C(=O)N1CCC(c2ccccc2C#N)CC1.